The molecule has 2 atom stereocenters. The molecule has 1 saturated heterocycles. The summed E-state index contributed by atoms with van der Waals surface area (Å²) in [4.78, 5) is 34.7. The summed E-state index contributed by atoms with van der Waals surface area (Å²) < 4.78 is 11.4. The van der Waals surface area contributed by atoms with Crippen molar-refractivity contribution in [3.63, 3.8) is 0 Å². The second-order valence-corrected chi connectivity index (χ2v) is 8.38. The average molecular weight is 516 g/mol. The maximum atomic E-state index is 12.8. The molecule has 0 spiro atoms. The van der Waals surface area contributed by atoms with Gasteiger partial charge >= 0.3 is 17.9 Å². The van der Waals surface area contributed by atoms with Crippen LogP contribution in [-0.4, -0.2) is 80.2 Å². The Morgan fingerprint density at radius 1 is 0.973 bits per heavy atom. The molecule has 5 N–H and O–H groups in total. The molecule has 1 aliphatic heterocycles. The number of nitrogens with zero attached hydrogens (tertiary/aromatic N) is 1. The number of aromatic hydroxyl groups is 1. The van der Waals surface area contributed by atoms with Crippen molar-refractivity contribution in [1.29, 1.82) is 0 Å². The fourth-order valence-corrected chi connectivity index (χ4v) is 4.03. The van der Waals surface area contributed by atoms with Crippen molar-refractivity contribution in [1.82, 2.24) is 4.90 Å². The van der Waals surface area contributed by atoms with Crippen LogP contribution in [0.2, 0.25) is 0 Å². The normalized spacial score (nSPS) is 15.0. The van der Waals surface area contributed by atoms with Gasteiger partial charge in [-0.1, -0.05) is 30.3 Å². The Balaban J connectivity index is 0.000000325. The van der Waals surface area contributed by atoms with E-state index in [1.807, 2.05) is 30.3 Å². The molecule has 2 heterocycles. The van der Waals surface area contributed by atoms with Crippen LogP contribution < -0.4 is 0 Å². The van der Waals surface area contributed by atoms with Gasteiger partial charge in [0.05, 0.1) is 6.61 Å². The average Bonchev–Trinajstić information content (AvgIpc) is 3.54. The summed E-state index contributed by atoms with van der Waals surface area (Å²) in [5.41, 5.74) is 2.51. The minimum atomic E-state index is -2.27. The standard InChI is InChI=1S/C22H23NO4.C4H6O6/c1-2-26-22(25)20-19-16(14-23-12-6-7-13-23)17(24)10-11-18(19)27-21(20)15-8-4-3-5-9-15;5-1(3(7)8)2(6)4(9)10/h3-5,8-11,24H,2,6-7,12-14H2,1H3;1-2,5-6H,(H,7,8)(H,9,10). The number of esters is 1. The predicted molar refractivity (Wildman–Crippen MR) is 131 cm³/mol. The van der Waals surface area contributed by atoms with Gasteiger partial charge in [-0.3, -0.25) is 4.90 Å². The highest BCUT2D eigenvalue weighted by atomic mass is 16.5. The number of carbonyl (C=O) groups excluding carboxylic acids is 1. The van der Waals surface area contributed by atoms with Gasteiger partial charge in [-0.2, -0.15) is 0 Å². The monoisotopic (exact) mass is 515 g/mol. The third kappa shape index (κ3) is 6.45. The molecule has 0 amide bonds. The zero-order valence-corrected chi connectivity index (χ0v) is 20.2. The van der Waals surface area contributed by atoms with E-state index in [1.165, 1.54) is 0 Å². The Hall–Kier alpha value is -3.93. The molecule has 1 aliphatic rings. The van der Waals surface area contributed by atoms with Crippen molar-refractivity contribution in [2.45, 2.75) is 38.5 Å². The minimum absolute atomic E-state index is 0.181. The summed E-state index contributed by atoms with van der Waals surface area (Å²) >= 11 is 0. The number of phenolic OH excluding ortho intramolecular Hbond substituents is 1. The Morgan fingerprint density at radius 3 is 2.11 bits per heavy atom. The Bertz CT molecular complexity index is 1230. The highest BCUT2D eigenvalue weighted by Gasteiger charge is 2.29. The van der Waals surface area contributed by atoms with Crippen LogP contribution >= 0.6 is 0 Å². The van der Waals surface area contributed by atoms with Crippen molar-refractivity contribution in [3.05, 3.63) is 53.6 Å². The lowest BCUT2D eigenvalue weighted by Gasteiger charge is -2.16. The molecule has 0 radical (unpaired) electrons. The first kappa shape index (κ1) is 27.7. The first-order valence-corrected chi connectivity index (χ1v) is 11.7. The molecule has 4 rings (SSSR count). The smallest absolute Gasteiger partial charge is 0.342 e. The molecule has 37 heavy (non-hydrogen) atoms. The second kappa shape index (κ2) is 12.3. The number of hydrogen-bond acceptors (Lipinski definition) is 9. The topological polar surface area (TPSA) is 178 Å². The maximum Gasteiger partial charge on any atom is 0.342 e. The van der Waals surface area contributed by atoms with Crippen LogP contribution in [0.25, 0.3) is 22.3 Å². The lowest BCUT2D eigenvalue weighted by Crippen LogP contribution is -2.39. The van der Waals surface area contributed by atoms with E-state index in [0.29, 0.717) is 28.8 Å². The van der Waals surface area contributed by atoms with Gasteiger partial charge in [-0.05, 0) is 45.0 Å². The van der Waals surface area contributed by atoms with E-state index in [1.54, 1.807) is 19.1 Å². The molecule has 0 saturated carbocycles. The van der Waals surface area contributed by atoms with Gasteiger partial charge in [0.15, 0.2) is 12.2 Å². The number of aliphatic carboxylic acids is 2. The molecular weight excluding hydrogens is 486 g/mol. The van der Waals surface area contributed by atoms with E-state index in [9.17, 15) is 19.5 Å². The summed E-state index contributed by atoms with van der Waals surface area (Å²) in [6.45, 7) is 4.64. The largest absolute Gasteiger partial charge is 0.508 e. The van der Waals surface area contributed by atoms with Gasteiger partial charge in [0.1, 0.15) is 22.7 Å². The summed E-state index contributed by atoms with van der Waals surface area (Å²) in [6, 6.07) is 12.9. The summed E-state index contributed by atoms with van der Waals surface area (Å²) in [6.07, 6.45) is -2.22. The number of carbonyl (C=O) groups is 3. The predicted octanol–water partition coefficient (Wildman–Crippen LogP) is 2.46. The van der Waals surface area contributed by atoms with Gasteiger partial charge in [-0.15, -0.1) is 0 Å². The van der Waals surface area contributed by atoms with Gasteiger partial charge in [-0.25, -0.2) is 14.4 Å². The van der Waals surface area contributed by atoms with Crippen LogP contribution in [0.3, 0.4) is 0 Å². The molecule has 198 valence electrons. The van der Waals surface area contributed by atoms with Gasteiger partial charge in [0.2, 0.25) is 0 Å². The number of fused-ring (bicyclic) bond motifs is 1. The van der Waals surface area contributed by atoms with Crippen molar-refractivity contribution in [3.8, 4) is 17.1 Å². The van der Waals surface area contributed by atoms with Crippen molar-refractivity contribution in [2.24, 2.45) is 0 Å². The number of carboxylic acid groups (broad SMARTS) is 2. The molecule has 2 unspecified atom stereocenters. The van der Waals surface area contributed by atoms with Crippen LogP contribution in [-0.2, 0) is 20.9 Å². The maximum absolute atomic E-state index is 12.8. The summed E-state index contributed by atoms with van der Waals surface area (Å²) in [7, 11) is 0. The van der Waals surface area contributed by atoms with Crippen LogP contribution in [0.4, 0.5) is 0 Å². The zero-order valence-electron chi connectivity index (χ0n) is 20.2. The third-order valence-electron chi connectivity index (χ3n) is 5.84. The fraction of sp³-hybridized carbons (Fsp3) is 0.346. The Kier molecular flexibility index (Phi) is 9.23. The van der Waals surface area contributed by atoms with E-state index in [-0.39, 0.29) is 12.4 Å². The van der Waals surface area contributed by atoms with Crippen molar-refractivity contribution < 1.29 is 49.1 Å². The molecule has 0 aliphatic carbocycles. The van der Waals surface area contributed by atoms with Gasteiger partial charge in [0, 0.05) is 23.1 Å². The summed E-state index contributed by atoms with van der Waals surface area (Å²) in [5, 5.41) is 43.7. The highest BCUT2D eigenvalue weighted by Crippen LogP contribution is 2.39. The van der Waals surface area contributed by atoms with E-state index >= 15 is 0 Å². The summed E-state index contributed by atoms with van der Waals surface area (Å²) in [5.74, 6) is -3.30. The number of aliphatic hydroxyl groups excluding tert-OH is 2. The number of ether oxygens (including phenoxy) is 1. The van der Waals surface area contributed by atoms with Crippen LogP contribution in [0.15, 0.2) is 46.9 Å². The second-order valence-electron chi connectivity index (χ2n) is 8.38. The van der Waals surface area contributed by atoms with Crippen LogP contribution in [0.5, 0.6) is 5.75 Å². The van der Waals surface area contributed by atoms with E-state index in [2.05, 4.69) is 4.90 Å². The first-order chi connectivity index (χ1) is 17.6. The fourth-order valence-electron chi connectivity index (χ4n) is 4.03. The van der Waals surface area contributed by atoms with E-state index in [4.69, 9.17) is 29.6 Å². The Labute approximate surface area is 212 Å². The van der Waals surface area contributed by atoms with Gasteiger partial charge in [0.25, 0.3) is 0 Å². The number of carboxylic acids is 2. The number of furan rings is 1. The first-order valence-electron chi connectivity index (χ1n) is 11.7. The number of hydrogen-bond donors (Lipinski definition) is 5. The van der Waals surface area contributed by atoms with Crippen LogP contribution in [0.1, 0.15) is 35.7 Å². The molecule has 1 fully saturated rings. The van der Waals surface area contributed by atoms with Crippen molar-refractivity contribution in [2.75, 3.05) is 19.7 Å². The zero-order chi connectivity index (χ0) is 27.1. The highest BCUT2D eigenvalue weighted by molar-refractivity contribution is 6.10. The number of phenols is 1. The number of likely N-dealkylation sites (tertiary alicyclic amines) is 1. The molecule has 0 bridgehead atoms. The molecule has 2 aromatic carbocycles. The van der Waals surface area contributed by atoms with E-state index in [0.717, 1.165) is 37.1 Å². The van der Waals surface area contributed by atoms with E-state index < -0.39 is 30.1 Å². The number of aliphatic hydroxyl groups is 2. The number of benzene rings is 2. The number of rotatable bonds is 8. The minimum Gasteiger partial charge on any atom is -0.508 e. The molecule has 11 heteroatoms. The molecular formula is C26H29NO10. The lowest BCUT2D eigenvalue weighted by atomic mass is 10.0. The van der Waals surface area contributed by atoms with Crippen molar-refractivity contribution >= 4 is 28.9 Å². The lowest BCUT2D eigenvalue weighted by molar-refractivity contribution is -0.165. The van der Waals surface area contributed by atoms with Crippen LogP contribution in [0, 0.1) is 0 Å². The molecule has 11 nitrogen and oxygen atoms in total. The SMILES string of the molecule is CCOC(=O)c1c(-c2ccccc2)oc2ccc(O)c(CN3CCCC3)c12.O=C(O)C(O)C(O)C(=O)O. The Morgan fingerprint density at radius 2 is 1.57 bits per heavy atom. The molecule has 3 aromatic rings. The third-order valence-corrected chi connectivity index (χ3v) is 5.84. The quantitative estimate of drug-likeness (QED) is 0.278. The van der Waals surface area contributed by atoms with Gasteiger partial charge < -0.3 is 34.7 Å². The molecule has 1 aromatic heterocycles.